The van der Waals surface area contributed by atoms with Gasteiger partial charge in [-0.15, -0.1) is 0 Å². The van der Waals surface area contributed by atoms with E-state index in [1.807, 2.05) is 64.1 Å². The van der Waals surface area contributed by atoms with Gasteiger partial charge in [-0.2, -0.15) is 0 Å². The van der Waals surface area contributed by atoms with Crippen LogP contribution in [0.25, 0.3) is 0 Å². The molecule has 2 aliphatic rings. The summed E-state index contributed by atoms with van der Waals surface area (Å²) >= 11 is 0. The Bertz CT molecular complexity index is 1420. The highest BCUT2D eigenvalue weighted by Crippen LogP contribution is 2.43. The molecule has 1 aliphatic heterocycles. The van der Waals surface area contributed by atoms with Crippen molar-refractivity contribution < 1.29 is 32.5 Å². The molecule has 2 aromatic rings. The number of nitrogens with zero attached hydrogens (tertiary/aromatic N) is 4. The fourth-order valence-electron chi connectivity index (χ4n) is 6.74. The molecule has 0 radical (unpaired) electrons. The van der Waals surface area contributed by atoms with Crippen LogP contribution >= 0.6 is 0 Å². The number of benzene rings is 1. The molecule has 2 fully saturated rings. The Hall–Kier alpha value is -2.93. The minimum absolute atomic E-state index is 0.0666. The standard InChI is InChI=1S/C34H52N4O7S/c1-8-17-37(46(7,41)42)30-29(36(18-20-43-6)23-28-21-25(28)2)27(14-16-35-30)24-45-31-34(15-19-44-31,22-26-12-10-9-11-13-26)38(32(39)40)33(3,4)5/h9-14,16,25,28,31H,8,15,17-24H2,1-7H3,(H,39,40)/t25-,28+,31?,34?/m0/s1. The number of aromatic nitrogens is 1. The summed E-state index contributed by atoms with van der Waals surface area (Å²) in [5.74, 6) is 1.42. The molecule has 1 saturated heterocycles. The second-order valence-electron chi connectivity index (χ2n) is 13.7. The molecule has 11 nitrogen and oxygen atoms in total. The largest absolute Gasteiger partial charge is 0.465 e. The van der Waals surface area contributed by atoms with Gasteiger partial charge in [-0.25, -0.2) is 18.2 Å². The Kier molecular flexibility index (Phi) is 11.6. The molecule has 256 valence electrons. The van der Waals surface area contributed by atoms with Crippen molar-refractivity contribution in [3.05, 3.63) is 53.7 Å². The maximum Gasteiger partial charge on any atom is 0.408 e. The van der Waals surface area contributed by atoms with E-state index in [2.05, 4.69) is 16.8 Å². The second-order valence-corrected chi connectivity index (χ2v) is 15.6. The average molecular weight is 661 g/mol. The van der Waals surface area contributed by atoms with Crippen LogP contribution in [0.3, 0.4) is 0 Å². The molecule has 1 aromatic carbocycles. The van der Waals surface area contributed by atoms with E-state index in [0.29, 0.717) is 62.4 Å². The molecule has 1 amide bonds. The third-order valence-corrected chi connectivity index (χ3v) is 10.1. The first kappa shape index (κ1) is 35.9. The van der Waals surface area contributed by atoms with Crippen molar-refractivity contribution in [1.29, 1.82) is 0 Å². The Morgan fingerprint density at radius 2 is 1.87 bits per heavy atom. The van der Waals surface area contributed by atoms with Crippen molar-refractivity contribution in [2.75, 3.05) is 55.4 Å². The third-order valence-electron chi connectivity index (χ3n) is 8.96. The van der Waals surface area contributed by atoms with Gasteiger partial charge >= 0.3 is 6.09 Å². The van der Waals surface area contributed by atoms with E-state index in [9.17, 15) is 18.3 Å². The maximum atomic E-state index is 13.1. The van der Waals surface area contributed by atoms with Crippen LogP contribution in [0.2, 0.25) is 0 Å². The highest BCUT2D eigenvalue weighted by Gasteiger charge is 2.55. The maximum absolute atomic E-state index is 13.1. The predicted octanol–water partition coefficient (Wildman–Crippen LogP) is 5.39. The fourth-order valence-corrected chi connectivity index (χ4v) is 7.70. The summed E-state index contributed by atoms with van der Waals surface area (Å²) in [7, 11) is -1.99. The number of hydrogen-bond donors (Lipinski definition) is 1. The fraction of sp³-hybridized carbons (Fsp3) is 0.647. The molecule has 2 heterocycles. The topological polar surface area (TPSA) is 122 Å². The summed E-state index contributed by atoms with van der Waals surface area (Å²) in [4.78, 5) is 21.2. The van der Waals surface area contributed by atoms with Gasteiger partial charge < -0.3 is 24.2 Å². The summed E-state index contributed by atoms with van der Waals surface area (Å²) in [6, 6.07) is 11.7. The van der Waals surface area contributed by atoms with Gasteiger partial charge in [-0.3, -0.25) is 9.21 Å². The number of sulfonamides is 1. The molecule has 4 atom stereocenters. The lowest BCUT2D eigenvalue weighted by atomic mass is 9.83. The van der Waals surface area contributed by atoms with Crippen LogP contribution in [-0.2, 0) is 37.3 Å². The van der Waals surface area contributed by atoms with Crippen LogP contribution in [0.1, 0.15) is 65.0 Å². The van der Waals surface area contributed by atoms with Gasteiger partial charge in [0.2, 0.25) is 10.0 Å². The number of ether oxygens (including phenoxy) is 3. The van der Waals surface area contributed by atoms with E-state index in [1.54, 1.807) is 13.3 Å². The van der Waals surface area contributed by atoms with E-state index in [4.69, 9.17) is 14.2 Å². The van der Waals surface area contributed by atoms with Crippen LogP contribution < -0.4 is 9.21 Å². The zero-order chi connectivity index (χ0) is 33.7. The Balaban J connectivity index is 1.78. The van der Waals surface area contributed by atoms with E-state index in [0.717, 1.165) is 24.1 Å². The molecule has 0 spiro atoms. The zero-order valence-corrected chi connectivity index (χ0v) is 29.3. The van der Waals surface area contributed by atoms with Gasteiger partial charge in [0, 0.05) is 50.5 Å². The number of amides is 1. The van der Waals surface area contributed by atoms with E-state index >= 15 is 0 Å². The third kappa shape index (κ3) is 8.31. The number of carboxylic acid groups (broad SMARTS) is 1. The van der Waals surface area contributed by atoms with Gasteiger partial charge in [0.25, 0.3) is 0 Å². The molecular formula is C34H52N4O7S. The summed E-state index contributed by atoms with van der Waals surface area (Å²) < 4.78 is 45.9. The van der Waals surface area contributed by atoms with Crippen molar-refractivity contribution in [3.63, 3.8) is 0 Å². The molecule has 12 heteroatoms. The van der Waals surface area contributed by atoms with Crippen molar-refractivity contribution in [1.82, 2.24) is 9.88 Å². The molecule has 1 aromatic heterocycles. The molecule has 46 heavy (non-hydrogen) atoms. The molecule has 2 unspecified atom stereocenters. The van der Waals surface area contributed by atoms with E-state index < -0.39 is 33.5 Å². The second kappa shape index (κ2) is 14.9. The number of rotatable bonds is 16. The van der Waals surface area contributed by atoms with Crippen molar-refractivity contribution >= 4 is 27.6 Å². The normalized spacial score (nSPS) is 22.9. The number of methoxy groups -OCH3 is 1. The van der Waals surface area contributed by atoms with Crippen LogP contribution in [0.4, 0.5) is 16.3 Å². The molecule has 0 bridgehead atoms. The lowest BCUT2D eigenvalue weighted by Gasteiger charge is -2.49. The Labute approximate surface area is 274 Å². The summed E-state index contributed by atoms with van der Waals surface area (Å²) in [5, 5.41) is 10.6. The molecule has 4 rings (SSSR count). The first-order valence-electron chi connectivity index (χ1n) is 16.2. The van der Waals surface area contributed by atoms with Crippen LogP contribution in [0.5, 0.6) is 0 Å². The Morgan fingerprint density at radius 3 is 2.43 bits per heavy atom. The first-order chi connectivity index (χ1) is 21.7. The Morgan fingerprint density at radius 1 is 1.17 bits per heavy atom. The SMILES string of the molecule is CCCN(c1nccc(COC2OCCC2(Cc2ccccc2)N(C(=O)O)C(C)(C)C)c1N(CCOC)C[C@H]1C[C@@H]1C)S(C)(=O)=O. The van der Waals surface area contributed by atoms with E-state index in [1.165, 1.54) is 15.5 Å². The van der Waals surface area contributed by atoms with Crippen molar-refractivity contribution in [2.45, 2.75) is 84.3 Å². The average Bonchev–Trinajstić information content (AvgIpc) is 3.53. The highest BCUT2D eigenvalue weighted by atomic mass is 32.2. The lowest BCUT2D eigenvalue weighted by molar-refractivity contribution is -0.181. The van der Waals surface area contributed by atoms with Gasteiger partial charge in [0.1, 0.15) is 5.54 Å². The zero-order valence-electron chi connectivity index (χ0n) is 28.4. The van der Waals surface area contributed by atoms with Crippen molar-refractivity contribution in [2.24, 2.45) is 11.8 Å². The van der Waals surface area contributed by atoms with Gasteiger partial charge in [-0.05, 0) is 63.5 Å². The smallest absolute Gasteiger partial charge is 0.408 e. The molecule has 1 N–H and O–H groups in total. The van der Waals surface area contributed by atoms with Crippen molar-refractivity contribution in [3.8, 4) is 0 Å². The van der Waals surface area contributed by atoms with Crippen LogP contribution in [0, 0.1) is 11.8 Å². The van der Waals surface area contributed by atoms with Crippen LogP contribution in [0.15, 0.2) is 42.6 Å². The highest BCUT2D eigenvalue weighted by molar-refractivity contribution is 7.92. The predicted molar refractivity (Wildman–Crippen MR) is 180 cm³/mol. The number of anilines is 2. The van der Waals surface area contributed by atoms with Gasteiger partial charge in [0.05, 0.1) is 31.8 Å². The minimum Gasteiger partial charge on any atom is -0.465 e. The van der Waals surface area contributed by atoms with Gasteiger partial charge in [-0.1, -0.05) is 44.2 Å². The molecule has 1 saturated carbocycles. The van der Waals surface area contributed by atoms with Crippen LogP contribution in [-0.4, -0.2) is 93.1 Å². The van der Waals surface area contributed by atoms with E-state index in [-0.39, 0.29) is 13.2 Å². The summed E-state index contributed by atoms with van der Waals surface area (Å²) in [5.41, 5.74) is 0.688. The van der Waals surface area contributed by atoms with Gasteiger partial charge in [0.15, 0.2) is 12.1 Å². The molecule has 1 aliphatic carbocycles. The monoisotopic (exact) mass is 660 g/mol. The minimum atomic E-state index is -3.64. The quantitative estimate of drug-likeness (QED) is 0.253. The summed E-state index contributed by atoms with van der Waals surface area (Å²) in [6.45, 7) is 12.2. The summed E-state index contributed by atoms with van der Waals surface area (Å²) in [6.07, 6.45) is 3.50. The number of pyridine rings is 1. The first-order valence-corrected chi connectivity index (χ1v) is 18.1. The molecular weight excluding hydrogens is 608 g/mol. The number of hydrogen-bond acceptors (Lipinski definition) is 8. The number of carbonyl (C=O) groups is 1. The lowest BCUT2D eigenvalue weighted by Crippen LogP contribution is -2.64.